The Bertz CT molecular complexity index is 455. The predicted octanol–water partition coefficient (Wildman–Crippen LogP) is 1.77. The van der Waals surface area contributed by atoms with Gasteiger partial charge in [-0.05, 0) is 39.2 Å². The van der Waals surface area contributed by atoms with E-state index in [1.165, 1.54) is 7.11 Å². The molecule has 4 nitrogen and oxygen atoms in total. The second kappa shape index (κ2) is 4.02. The summed E-state index contributed by atoms with van der Waals surface area (Å²) < 4.78 is 4.75. The molecule has 0 saturated carbocycles. The van der Waals surface area contributed by atoms with Gasteiger partial charge in [0.2, 0.25) is 0 Å². The maximum atomic E-state index is 12.0. The van der Waals surface area contributed by atoms with Crippen molar-refractivity contribution in [3.63, 3.8) is 0 Å². The van der Waals surface area contributed by atoms with Crippen LogP contribution in [0, 0.1) is 0 Å². The Labute approximate surface area is 101 Å². The Hall–Kier alpha value is -1.58. The van der Waals surface area contributed by atoms with Crippen molar-refractivity contribution in [3.8, 4) is 0 Å². The number of esters is 1. The third kappa shape index (κ3) is 1.59. The molecule has 0 radical (unpaired) electrons. The second-order valence-electron chi connectivity index (χ2n) is 4.76. The molecule has 0 aromatic carbocycles. The average Bonchev–Trinajstić information content (AvgIpc) is 2.28. The minimum absolute atomic E-state index is 0.0468. The number of ether oxygens (including phenoxy) is 1. The van der Waals surface area contributed by atoms with E-state index >= 15 is 0 Å². The molecule has 0 aliphatic carbocycles. The van der Waals surface area contributed by atoms with Gasteiger partial charge in [-0.1, -0.05) is 5.57 Å². The number of allylic oxidation sites excluding steroid dienone is 2. The van der Waals surface area contributed by atoms with Crippen LogP contribution in [0.3, 0.4) is 0 Å². The molecule has 0 aromatic rings. The summed E-state index contributed by atoms with van der Waals surface area (Å²) >= 11 is 0. The molecule has 2 rings (SSSR count). The van der Waals surface area contributed by atoms with Crippen LogP contribution in [0.1, 0.15) is 33.6 Å². The summed E-state index contributed by atoms with van der Waals surface area (Å²) in [6.07, 6.45) is 1.74. The van der Waals surface area contributed by atoms with Gasteiger partial charge >= 0.3 is 5.97 Å². The fourth-order valence-electron chi connectivity index (χ4n) is 2.60. The van der Waals surface area contributed by atoms with Crippen molar-refractivity contribution in [1.82, 2.24) is 4.90 Å². The van der Waals surface area contributed by atoms with E-state index in [2.05, 4.69) is 0 Å². The molecule has 4 heteroatoms. The van der Waals surface area contributed by atoms with Crippen molar-refractivity contribution in [2.45, 2.75) is 39.7 Å². The Morgan fingerprint density at radius 3 is 2.59 bits per heavy atom. The fourth-order valence-corrected chi connectivity index (χ4v) is 2.60. The van der Waals surface area contributed by atoms with Gasteiger partial charge < -0.3 is 4.74 Å². The molecule has 0 bridgehead atoms. The van der Waals surface area contributed by atoms with Gasteiger partial charge in [0, 0.05) is 5.57 Å². The van der Waals surface area contributed by atoms with E-state index in [-0.39, 0.29) is 11.9 Å². The normalized spacial score (nSPS) is 23.3. The van der Waals surface area contributed by atoms with Crippen LogP contribution in [0.5, 0.6) is 0 Å². The first-order chi connectivity index (χ1) is 7.99. The Kier molecular flexibility index (Phi) is 2.81. The summed E-state index contributed by atoms with van der Waals surface area (Å²) in [6.45, 7) is 5.76. The Morgan fingerprint density at radius 1 is 1.41 bits per heavy atom. The highest BCUT2D eigenvalue weighted by Crippen LogP contribution is 2.41. The maximum Gasteiger partial charge on any atom is 0.354 e. The van der Waals surface area contributed by atoms with Crippen molar-refractivity contribution >= 4 is 11.9 Å². The quantitative estimate of drug-likeness (QED) is 0.395. The Balaban J connectivity index is 2.40. The molecule has 0 aromatic heterocycles. The lowest BCUT2D eigenvalue weighted by molar-refractivity contribution is -0.146. The van der Waals surface area contributed by atoms with E-state index in [0.29, 0.717) is 5.70 Å². The topological polar surface area (TPSA) is 46.6 Å². The first-order valence-electron chi connectivity index (χ1n) is 5.78. The number of nitrogens with zero attached hydrogens (tertiary/aromatic N) is 1. The summed E-state index contributed by atoms with van der Waals surface area (Å²) in [5, 5.41) is 0. The lowest BCUT2D eigenvalue weighted by atomic mass is 9.82. The summed E-state index contributed by atoms with van der Waals surface area (Å²) in [5.41, 5.74) is 3.28. The molecule has 1 unspecified atom stereocenters. The number of hydrogen-bond acceptors (Lipinski definition) is 3. The minimum atomic E-state index is -0.409. The van der Waals surface area contributed by atoms with Crippen LogP contribution < -0.4 is 0 Å². The molecule has 0 N–H and O–H groups in total. The van der Waals surface area contributed by atoms with E-state index in [4.69, 9.17) is 4.74 Å². The van der Waals surface area contributed by atoms with Gasteiger partial charge in [0.15, 0.2) is 0 Å². The van der Waals surface area contributed by atoms with E-state index in [1.807, 2.05) is 20.8 Å². The van der Waals surface area contributed by atoms with E-state index in [1.54, 1.807) is 4.90 Å². The summed E-state index contributed by atoms with van der Waals surface area (Å²) in [7, 11) is 1.35. The van der Waals surface area contributed by atoms with Crippen molar-refractivity contribution in [3.05, 3.63) is 22.4 Å². The first-order valence-corrected chi connectivity index (χ1v) is 5.78. The van der Waals surface area contributed by atoms with Gasteiger partial charge in [0.25, 0.3) is 5.91 Å². The zero-order valence-corrected chi connectivity index (χ0v) is 10.7. The number of carbonyl (C=O) groups excluding carboxylic acids is 2. The van der Waals surface area contributed by atoms with Crippen molar-refractivity contribution < 1.29 is 14.3 Å². The van der Waals surface area contributed by atoms with E-state index in [9.17, 15) is 9.59 Å². The third-order valence-electron chi connectivity index (χ3n) is 3.45. The number of methoxy groups -OCH3 is 1. The fraction of sp³-hybridized carbons (Fsp3) is 0.538. The highest BCUT2D eigenvalue weighted by atomic mass is 16.5. The number of rotatable bonds is 1. The molecular weight excluding hydrogens is 218 g/mol. The van der Waals surface area contributed by atoms with Gasteiger partial charge in [-0.3, -0.25) is 9.69 Å². The number of β-lactam (4-membered cyclic amide) rings is 1. The lowest BCUT2D eigenvalue weighted by Crippen LogP contribution is -2.57. The van der Waals surface area contributed by atoms with E-state index in [0.717, 1.165) is 29.6 Å². The van der Waals surface area contributed by atoms with Crippen LogP contribution in [-0.2, 0) is 14.3 Å². The van der Waals surface area contributed by atoms with Gasteiger partial charge in [-0.2, -0.15) is 0 Å². The number of hydrogen-bond donors (Lipinski definition) is 0. The molecule has 1 amide bonds. The van der Waals surface area contributed by atoms with Crippen LogP contribution in [0.25, 0.3) is 0 Å². The van der Waals surface area contributed by atoms with Crippen molar-refractivity contribution in [2.75, 3.05) is 7.11 Å². The molecule has 2 aliphatic rings. The molecule has 0 spiro atoms. The average molecular weight is 235 g/mol. The van der Waals surface area contributed by atoms with Gasteiger partial charge in [0.05, 0.1) is 13.2 Å². The smallest absolute Gasteiger partial charge is 0.354 e. The highest BCUT2D eigenvalue weighted by Gasteiger charge is 2.48. The van der Waals surface area contributed by atoms with Gasteiger partial charge in [-0.15, -0.1) is 0 Å². The predicted molar refractivity (Wildman–Crippen MR) is 63.0 cm³/mol. The molecule has 92 valence electrons. The largest absolute Gasteiger partial charge is 0.464 e. The molecule has 1 fully saturated rings. The number of carbonyl (C=O) groups is 2. The SMILES string of the molecule is COC(=O)C1=C(C)CCC2C(=C(C)C)C(=O)N12. The van der Waals surface area contributed by atoms with Gasteiger partial charge in [0.1, 0.15) is 5.70 Å². The van der Waals surface area contributed by atoms with Crippen LogP contribution in [0.15, 0.2) is 22.4 Å². The van der Waals surface area contributed by atoms with Crippen LogP contribution in [0.4, 0.5) is 0 Å². The molecule has 2 heterocycles. The molecule has 17 heavy (non-hydrogen) atoms. The standard InChI is InChI=1S/C13H17NO3/c1-7(2)10-9-6-5-8(3)11(13(16)17-4)14(9)12(10)15/h9H,5-6H2,1-4H3. The number of fused-ring (bicyclic) bond motifs is 1. The zero-order chi connectivity index (χ0) is 12.7. The third-order valence-corrected chi connectivity index (χ3v) is 3.45. The van der Waals surface area contributed by atoms with Crippen LogP contribution >= 0.6 is 0 Å². The van der Waals surface area contributed by atoms with Gasteiger partial charge in [-0.25, -0.2) is 4.79 Å². The second-order valence-corrected chi connectivity index (χ2v) is 4.76. The molecule has 1 atom stereocenters. The Morgan fingerprint density at radius 2 is 2.06 bits per heavy atom. The summed E-state index contributed by atoms with van der Waals surface area (Å²) in [6, 6.07) is 0.0744. The zero-order valence-electron chi connectivity index (χ0n) is 10.7. The first kappa shape index (κ1) is 11.9. The molecule has 2 aliphatic heterocycles. The minimum Gasteiger partial charge on any atom is -0.464 e. The monoisotopic (exact) mass is 235 g/mol. The molecular formula is C13H17NO3. The number of amides is 1. The summed E-state index contributed by atoms with van der Waals surface area (Å²) in [4.78, 5) is 25.3. The van der Waals surface area contributed by atoms with Crippen molar-refractivity contribution in [2.24, 2.45) is 0 Å². The van der Waals surface area contributed by atoms with Crippen LogP contribution in [0.2, 0.25) is 0 Å². The summed E-state index contributed by atoms with van der Waals surface area (Å²) in [5.74, 6) is -0.456. The van der Waals surface area contributed by atoms with E-state index < -0.39 is 5.97 Å². The lowest BCUT2D eigenvalue weighted by Gasteiger charge is -2.47. The van der Waals surface area contributed by atoms with Crippen LogP contribution in [-0.4, -0.2) is 29.9 Å². The van der Waals surface area contributed by atoms with Crippen molar-refractivity contribution in [1.29, 1.82) is 0 Å². The highest BCUT2D eigenvalue weighted by molar-refractivity contribution is 6.08. The maximum absolute atomic E-state index is 12.0. The molecule has 1 saturated heterocycles.